The summed E-state index contributed by atoms with van der Waals surface area (Å²) < 4.78 is 1.75. The molecule has 7 heteroatoms. The molecule has 1 unspecified atom stereocenters. The monoisotopic (exact) mass is 295 g/mol. The molecular weight excluding hydrogens is 270 g/mol. The van der Waals surface area contributed by atoms with Gasteiger partial charge in [0.1, 0.15) is 12.7 Å². The summed E-state index contributed by atoms with van der Waals surface area (Å²) in [6.45, 7) is 6.25. The molecule has 118 valence electrons. The fourth-order valence-corrected chi connectivity index (χ4v) is 2.74. The van der Waals surface area contributed by atoms with Gasteiger partial charge >= 0.3 is 0 Å². The van der Waals surface area contributed by atoms with Crippen LogP contribution in [0.4, 0.5) is 0 Å². The fraction of sp³-hybridized carbons (Fsp3) is 0.786. The van der Waals surface area contributed by atoms with E-state index in [0.717, 1.165) is 45.6 Å². The highest BCUT2D eigenvalue weighted by atomic mass is 16.3. The van der Waals surface area contributed by atoms with E-state index in [1.165, 1.54) is 6.33 Å². The number of carbonyl (C=O) groups excluding carboxylic acids is 1. The summed E-state index contributed by atoms with van der Waals surface area (Å²) in [5.74, 6) is 0.215. The van der Waals surface area contributed by atoms with Gasteiger partial charge in [0.2, 0.25) is 5.91 Å². The average Bonchev–Trinajstić information content (AvgIpc) is 3.02. The lowest BCUT2D eigenvalue weighted by molar-refractivity contribution is -0.133. The van der Waals surface area contributed by atoms with Crippen molar-refractivity contribution in [2.45, 2.75) is 38.8 Å². The van der Waals surface area contributed by atoms with E-state index in [0.29, 0.717) is 6.42 Å². The number of rotatable bonds is 7. The predicted molar refractivity (Wildman–Crippen MR) is 78.6 cm³/mol. The topological polar surface area (TPSA) is 74.5 Å². The van der Waals surface area contributed by atoms with Gasteiger partial charge < -0.3 is 10.0 Å². The van der Waals surface area contributed by atoms with Crippen LogP contribution in [0, 0.1) is 0 Å². The molecule has 0 aliphatic carbocycles. The maximum Gasteiger partial charge on any atom is 0.222 e. The van der Waals surface area contributed by atoms with E-state index in [1.54, 1.807) is 11.0 Å². The summed E-state index contributed by atoms with van der Waals surface area (Å²) in [5, 5.41) is 13.3. The minimum atomic E-state index is 0.197. The van der Waals surface area contributed by atoms with Crippen LogP contribution < -0.4 is 0 Å². The van der Waals surface area contributed by atoms with Crippen LogP contribution in [0.5, 0.6) is 0 Å². The van der Waals surface area contributed by atoms with Gasteiger partial charge in [-0.05, 0) is 12.8 Å². The Labute approximate surface area is 125 Å². The van der Waals surface area contributed by atoms with Crippen molar-refractivity contribution in [3.63, 3.8) is 0 Å². The van der Waals surface area contributed by atoms with Crippen LogP contribution in [0.2, 0.25) is 0 Å². The van der Waals surface area contributed by atoms with E-state index in [1.807, 2.05) is 4.90 Å². The zero-order valence-corrected chi connectivity index (χ0v) is 12.7. The minimum absolute atomic E-state index is 0.197. The van der Waals surface area contributed by atoms with Crippen molar-refractivity contribution in [2.24, 2.45) is 0 Å². The van der Waals surface area contributed by atoms with Crippen LogP contribution >= 0.6 is 0 Å². The molecule has 0 spiro atoms. The van der Waals surface area contributed by atoms with Crippen molar-refractivity contribution in [2.75, 3.05) is 32.8 Å². The van der Waals surface area contributed by atoms with Crippen molar-refractivity contribution in [1.29, 1.82) is 0 Å². The second-order valence-electron chi connectivity index (χ2n) is 5.42. The van der Waals surface area contributed by atoms with E-state index >= 15 is 0 Å². The molecule has 2 heterocycles. The first-order valence-electron chi connectivity index (χ1n) is 7.69. The minimum Gasteiger partial charge on any atom is -0.395 e. The maximum absolute atomic E-state index is 12.2. The summed E-state index contributed by atoms with van der Waals surface area (Å²) >= 11 is 0. The van der Waals surface area contributed by atoms with Gasteiger partial charge in [-0.1, -0.05) is 6.92 Å². The first kappa shape index (κ1) is 15.9. The number of carbonyl (C=O) groups is 1. The highest BCUT2D eigenvalue weighted by molar-refractivity contribution is 5.76. The van der Waals surface area contributed by atoms with Gasteiger partial charge in [-0.3, -0.25) is 14.4 Å². The Morgan fingerprint density at radius 1 is 1.33 bits per heavy atom. The molecule has 0 bridgehead atoms. The lowest BCUT2D eigenvalue weighted by Crippen LogP contribution is -2.52. The highest BCUT2D eigenvalue weighted by Gasteiger charge is 2.24. The number of hydrogen-bond donors (Lipinski definition) is 1. The molecule has 21 heavy (non-hydrogen) atoms. The van der Waals surface area contributed by atoms with Crippen molar-refractivity contribution in [3.05, 3.63) is 12.7 Å². The molecule has 1 amide bonds. The van der Waals surface area contributed by atoms with E-state index < -0.39 is 0 Å². The third-order valence-electron chi connectivity index (χ3n) is 4.11. The molecule has 1 aromatic rings. The molecule has 0 radical (unpaired) electrons. The quantitative estimate of drug-likeness (QED) is 0.765. The van der Waals surface area contributed by atoms with Gasteiger partial charge in [0.25, 0.3) is 0 Å². The summed E-state index contributed by atoms with van der Waals surface area (Å²) in [6.07, 6.45) is 5.46. The van der Waals surface area contributed by atoms with E-state index in [2.05, 4.69) is 21.9 Å². The third kappa shape index (κ3) is 4.50. The lowest BCUT2D eigenvalue weighted by atomic mass is 10.1. The zero-order valence-electron chi connectivity index (χ0n) is 12.7. The Bertz CT molecular complexity index is 411. The Morgan fingerprint density at radius 2 is 2.10 bits per heavy atom. The van der Waals surface area contributed by atoms with Crippen LogP contribution in [0.25, 0.3) is 0 Å². The number of aliphatic hydroxyl groups excluding tert-OH is 1. The largest absolute Gasteiger partial charge is 0.395 e. The number of nitrogens with zero attached hydrogens (tertiary/aromatic N) is 5. The molecule has 1 aromatic heterocycles. The summed E-state index contributed by atoms with van der Waals surface area (Å²) in [7, 11) is 0. The molecule has 2 rings (SSSR count). The summed E-state index contributed by atoms with van der Waals surface area (Å²) in [4.78, 5) is 20.2. The second kappa shape index (κ2) is 8.09. The number of hydrogen-bond acceptors (Lipinski definition) is 5. The maximum atomic E-state index is 12.2. The van der Waals surface area contributed by atoms with E-state index in [4.69, 9.17) is 0 Å². The first-order chi connectivity index (χ1) is 10.2. The molecule has 0 aromatic carbocycles. The van der Waals surface area contributed by atoms with Crippen molar-refractivity contribution < 1.29 is 9.90 Å². The van der Waals surface area contributed by atoms with Gasteiger partial charge in [-0.2, -0.15) is 5.10 Å². The van der Waals surface area contributed by atoms with E-state index in [-0.39, 0.29) is 18.6 Å². The molecule has 1 fully saturated rings. The summed E-state index contributed by atoms with van der Waals surface area (Å²) in [6, 6.07) is 0.231. The van der Waals surface area contributed by atoms with Gasteiger partial charge in [-0.15, -0.1) is 0 Å². The SMILES string of the molecule is CCC(CO)N1CCN(C(=O)CCCn2cncn2)CC1. The van der Waals surface area contributed by atoms with Crippen LogP contribution in [-0.4, -0.2) is 74.4 Å². The third-order valence-corrected chi connectivity index (χ3v) is 4.11. The number of amides is 1. The zero-order chi connectivity index (χ0) is 15.1. The molecule has 1 saturated heterocycles. The van der Waals surface area contributed by atoms with E-state index in [9.17, 15) is 9.90 Å². The number of aromatic nitrogens is 3. The summed E-state index contributed by atoms with van der Waals surface area (Å²) in [5.41, 5.74) is 0. The fourth-order valence-electron chi connectivity index (χ4n) is 2.74. The lowest BCUT2D eigenvalue weighted by Gasteiger charge is -2.38. The van der Waals surface area contributed by atoms with Gasteiger partial charge in [0.05, 0.1) is 6.61 Å². The molecular formula is C14H25N5O2. The molecule has 1 aliphatic heterocycles. The van der Waals surface area contributed by atoms with Gasteiger partial charge in [0, 0.05) is 45.2 Å². The second-order valence-corrected chi connectivity index (χ2v) is 5.42. The highest BCUT2D eigenvalue weighted by Crippen LogP contribution is 2.10. The first-order valence-corrected chi connectivity index (χ1v) is 7.69. The Kier molecular flexibility index (Phi) is 6.13. The molecule has 1 N–H and O–H groups in total. The average molecular weight is 295 g/mol. The predicted octanol–water partition coefficient (Wildman–Crippen LogP) is -0.0266. The van der Waals surface area contributed by atoms with Crippen molar-refractivity contribution in [3.8, 4) is 0 Å². The van der Waals surface area contributed by atoms with Crippen molar-refractivity contribution >= 4 is 5.91 Å². The molecule has 0 saturated carbocycles. The number of piperazine rings is 1. The van der Waals surface area contributed by atoms with Crippen LogP contribution in [-0.2, 0) is 11.3 Å². The van der Waals surface area contributed by atoms with Crippen molar-refractivity contribution in [1.82, 2.24) is 24.6 Å². The number of aryl methyl sites for hydroxylation is 1. The molecule has 1 aliphatic rings. The van der Waals surface area contributed by atoms with Crippen LogP contribution in [0.3, 0.4) is 0 Å². The van der Waals surface area contributed by atoms with Gasteiger partial charge in [-0.25, -0.2) is 4.98 Å². The molecule has 1 atom stereocenters. The Hall–Kier alpha value is -1.47. The normalized spacial score (nSPS) is 17.9. The molecule has 7 nitrogen and oxygen atoms in total. The van der Waals surface area contributed by atoms with Crippen LogP contribution in [0.1, 0.15) is 26.2 Å². The smallest absolute Gasteiger partial charge is 0.222 e. The Balaban J connectivity index is 1.68. The van der Waals surface area contributed by atoms with Gasteiger partial charge in [0.15, 0.2) is 0 Å². The van der Waals surface area contributed by atoms with Crippen LogP contribution in [0.15, 0.2) is 12.7 Å². The number of aliphatic hydroxyl groups is 1. The standard InChI is InChI=1S/C14H25N5O2/c1-2-13(10-20)17-6-8-18(9-7-17)14(21)4-3-5-19-12-15-11-16-19/h11-13,20H,2-10H2,1H3. The Morgan fingerprint density at radius 3 is 2.67 bits per heavy atom.